The van der Waals surface area contributed by atoms with Gasteiger partial charge in [-0.05, 0) is 43.7 Å². The summed E-state index contributed by atoms with van der Waals surface area (Å²) in [6.45, 7) is 3.95. The highest BCUT2D eigenvalue weighted by molar-refractivity contribution is 5.47. The molecule has 1 atom stereocenters. The predicted octanol–water partition coefficient (Wildman–Crippen LogP) is 3.77. The van der Waals surface area contributed by atoms with Crippen LogP contribution >= 0.6 is 0 Å². The monoisotopic (exact) mass is 233 g/mol. The summed E-state index contributed by atoms with van der Waals surface area (Å²) in [5.41, 5.74) is 1.59. The summed E-state index contributed by atoms with van der Waals surface area (Å²) >= 11 is 0. The van der Waals surface area contributed by atoms with Gasteiger partial charge >= 0.3 is 0 Å². The van der Waals surface area contributed by atoms with Gasteiger partial charge < -0.3 is 9.73 Å². The lowest BCUT2D eigenvalue weighted by Gasteiger charge is -2.15. The predicted molar refractivity (Wildman–Crippen MR) is 66.6 cm³/mol. The molecule has 1 unspecified atom stereocenters. The van der Waals surface area contributed by atoms with Crippen molar-refractivity contribution >= 4 is 5.69 Å². The third kappa shape index (κ3) is 3.09. The Morgan fingerprint density at radius 1 is 1.35 bits per heavy atom. The Hall–Kier alpha value is -1.77. The summed E-state index contributed by atoms with van der Waals surface area (Å²) in [5, 5.41) is 3.15. The molecule has 0 aliphatic carbocycles. The molecule has 90 valence electrons. The Morgan fingerprint density at radius 2 is 2.18 bits per heavy atom. The summed E-state index contributed by atoms with van der Waals surface area (Å²) in [6, 6.07) is 8.96. The van der Waals surface area contributed by atoms with Crippen molar-refractivity contribution in [2.24, 2.45) is 0 Å². The molecule has 3 heteroatoms. The molecule has 0 aliphatic heterocycles. The van der Waals surface area contributed by atoms with E-state index in [1.54, 1.807) is 12.3 Å². The first-order chi connectivity index (χ1) is 8.15. The topological polar surface area (TPSA) is 25.2 Å². The van der Waals surface area contributed by atoms with Gasteiger partial charge in [0.05, 0.1) is 12.0 Å². The minimum Gasteiger partial charge on any atom is -0.469 e. The maximum Gasteiger partial charge on any atom is 0.146 e. The van der Waals surface area contributed by atoms with Crippen molar-refractivity contribution in [3.63, 3.8) is 0 Å². The van der Waals surface area contributed by atoms with Crippen LogP contribution in [0, 0.1) is 12.7 Å². The standard InChI is InChI=1S/C14H16FNO/c1-10-5-6-13(15)14(8-10)16-11(2)9-12-4-3-7-17-12/h3-8,11,16H,9H2,1-2H3. The zero-order valence-electron chi connectivity index (χ0n) is 10.0. The van der Waals surface area contributed by atoms with E-state index >= 15 is 0 Å². The van der Waals surface area contributed by atoms with Gasteiger partial charge in [-0.1, -0.05) is 6.07 Å². The van der Waals surface area contributed by atoms with Crippen molar-refractivity contribution in [2.75, 3.05) is 5.32 Å². The number of halogens is 1. The maximum atomic E-state index is 13.5. The van der Waals surface area contributed by atoms with Crippen LogP contribution in [-0.2, 0) is 6.42 Å². The molecule has 17 heavy (non-hydrogen) atoms. The molecule has 1 heterocycles. The molecule has 0 bridgehead atoms. The average molecular weight is 233 g/mol. The van der Waals surface area contributed by atoms with Crippen molar-refractivity contribution in [1.29, 1.82) is 0 Å². The summed E-state index contributed by atoms with van der Waals surface area (Å²) in [7, 11) is 0. The van der Waals surface area contributed by atoms with E-state index in [-0.39, 0.29) is 11.9 Å². The fourth-order valence-electron chi connectivity index (χ4n) is 1.80. The molecule has 2 rings (SSSR count). The highest BCUT2D eigenvalue weighted by atomic mass is 19.1. The molecule has 2 aromatic rings. The van der Waals surface area contributed by atoms with Gasteiger partial charge in [-0.15, -0.1) is 0 Å². The van der Waals surface area contributed by atoms with E-state index in [0.717, 1.165) is 17.7 Å². The molecule has 0 aliphatic rings. The molecule has 1 aromatic heterocycles. The van der Waals surface area contributed by atoms with Crippen LogP contribution in [-0.4, -0.2) is 6.04 Å². The number of anilines is 1. The van der Waals surface area contributed by atoms with Crippen LogP contribution in [0.3, 0.4) is 0 Å². The Balaban J connectivity index is 2.02. The Bertz CT molecular complexity index is 479. The molecule has 1 aromatic carbocycles. The molecule has 0 amide bonds. The van der Waals surface area contributed by atoms with Gasteiger partial charge in [0.15, 0.2) is 0 Å². The van der Waals surface area contributed by atoms with E-state index in [9.17, 15) is 4.39 Å². The molecule has 0 saturated heterocycles. The maximum absolute atomic E-state index is 13.5. The van der Waals surface area contributed by atoms with Crippen molar-refractivity contribution in [2.45, 2.75) is 26.3 Å². The zero-order chi connectivity index (χ0) is 12.3. The van der Waals surface area contributed by atoms with Crippen LogP contribution in [0.15, 0.2) is 41.0 Å². The van der Waals surface area contributed by atoms with E-state index in [1.165, 1.54) is 6.07 Å². The van der Waals surface area contributed by atoms with Crippen molar-refractivity contribution in [1.82, 2.24) is 0 Å². The molecule has 0 spiro atoms. The number of benzene rings is 1. The van der Waals surface area contributed by atoms with Crippen molar-refractivity contribution < 1.29 is 8.81 Å². The molecule has 0 fully saturated rings. The fourth-order valence-corrected chi connectivity index (χ4v) is 1.80. The number of hydrogen-bond acceptors (Lipinski definition) is 2. The Labute approximate surface area is 100 Å². The van der Waals surface area contributed by atoms with Gasteiger partial charge in [-0.25, -0.2) is 4.39 Å². The van der Waals surface area contributed by atoms with Crippen LogP contribution < -0.4 is 5.32 Å². The highest BCUT2D eigenvalue weighted by Crippen LogP contribution is 2.17. The highest BCUT2D eigenvalue weighted by Gasteiger charge is 2.08. The SMILES string of the molecule is Cc1ccc(F)c(NC(C)Cc2ccco2)c1. The van der Waals surface area contributed by atoms with Gasteiger partial charge in [-0.2, -0.15) is 0 Å². The molecular weight excluding hydrogens is 217 g/mol. The molecule has 2 nitrogen and oxygen atoms in total. The van der Waals surface area contributed by atoms with E-state index in [2.05, 4.69) is 5.32 Å². The van der Waals surface area contributed by atoms with Crippen LogP contribution in [0.2, 0.25) is 0 Å². The number of rotatable bonds is 4. The first-order valence-electron chi connectivity index (χ1n) is 5.70. The van der Waals surface area contributed by atoms with Crippen LogP contribution in [0.5, 0.6) is 0 Å². The molecule has 0 saturated carbocycles. The van der Waals surface area contributed by atoms with Gasteiger partial charge in [0.2, 0.25) is 0 Å². The summed E-state index contributed by atoms with van der Waals surface area (Å²) < 4.78 is 18.8. The normalized spacial score (nSPS) is 12.4. The molecular formula is C14H16FNO. The molecule has 0 radical (unpaired) electrons. The lowest BCUT2D eigenvalue weighted by molar-refractivity contribution is 0.497. The third-order valence-corrected chi connectivity index (χ3v) is 2.61. The Morgan fingerprint density at radius 3 is 2.88 bits per heavy atom. The summed E-state index contributed by atoms with van der Waals surface area (Å²) in [6.07, 6.45) is 2.38. The second-order valence-electron chi connectivity index (χ2n) is 4.31. The minimum atomic E-state index is -0.220. The van der Waals surface area contributed by atoms with Crippen molar-refractivity contribution in [3.05, 3.63) is 53.7 Å². The van der Waals surface area contributed by atoms with Gasteiger partial charge in [-0.3, -0.25) is 0 Å². The lowest BCUT2D eigenvalue weighted by Crippen LogP contribution is -2.18. The smallest absolute Gasteiger partial charge is 0.146 e. The summed E-state index contributed by atoms with van der Waals surface area (Å²) in [5.74, 6) is 0.681. The van der Waals surface area contributed by atoms with E-state index < -0.39 is 0 Å². The average Bonchev–Trinajstić information content (AvgIpc) is 2.76. The largest absolute Gasteiger partial charge is 0.469 e. The number of hydrogen-bond donors (Lipinski definition) is 1. The summed E-state index contributed by atoms with van der Waals surface area (Å²) in [4.78, 5) is 0. The first-order valence-corrected chi connectivity index (χ1v) is 5.70. The van der Waals surface area contributed by atoms with Gasteiger partial charge in [0.1, 0.15) is 11.6 Å². The van der Waals surface area contributed by atoms with Gasteiger partial charge in [0, 0.05) is 12.5 Å². The van der Waals surface area contributed by atoms with Crippen LogP contribution in [0.4, 0.5) is 10.1 Å². The van der Waals surface area contributed by atoms with Crippen LogP contribution in [0.25, 0.3) is 0 Å². The Kier molecular flexibility index (Phi) is 3.47. The quantitative estimate of drug-likeness (QED) is 0.869. The number of nitrogens with one attached hydrogen (secondary N) is 1. The van der Waals surface area contributed by atoms with E-state index in [1.807, 2.05) is 32.0 Å². The number of furan rings is 1. The first kappa shape index (κ1) is 11.7. The number of aryl methyl sites for hydroxylation is 1. The van der Waals surface area contributed by atoms with Crippen molar-refractivity contribution in [3.8, 4) is 0 Å². The van der Waals surface area contributed by atoms with Crippen LogP contribution in [0.1, 0.15) is 18.2 Å². The third-order valence-electron chi connectivity index (χ3n) is 2.61. The van der Waals surface area contributed by atoms with E-state index in [4.69, 9.17) is 4.42 Å². The second-order valence-corrected chi connectivity index (χ2v) is 4.31. The fraction of sp³-hybridized carbons (Fsp3) is 0.286. The minimum absolute atomic E-state index is 0.123. The molecule has 1 N–H and O–H groups in total. The van der Waals surface area contributed by atoms with Gasteiger partial charge in [0.25, 0.3) is 0 Å². The zero-order valence-corrected chi connectivity index (χ0v) is 10.0. The lowest BCUT2D eigenvalue weighted by atomic mass is 10.1. The second kappa shape index (κ2) is 5.04. The van der Waals surface area contributed by atoms with E-state index in [0.29, 0.717) is 5.69 Å².